The fourth-order valence-corrected chi connectivity index (χ4v) is 3.84. The van der Waals surface area contributed by atoms with Gasteiger partial charge < -0.3 is 5.73 Å². The van der Waals surface area contributed by atoms with Crippen LogP contribution in [0.15, 0.2) is 45.3 Å². The van der Waals surface area contributed by atoms with E-state index in [1.165, 1.54) is 4.70 Å². The Morgan fingerprint density at radius 2 is 1.72 bits per heavy atom. The van der Waals surface area contributed by atoms with Gasteiger partial charge in [0.25, 0.3) is 0 Å². The van der Waals surface area contributed by atoms with Crippen LogP contribution in [0.4, 0.5) is 5.69 Å². The van der Waals surface area contributed by atoms with E-state index in [2.05, 4.69) is 42.9 Å². The molecule has 2 N–H and O–H groups in total. The molecule has 2 aromatic carbocycles. The standard InChI is InChI=1S/C13H8Br2N2S/c14-8-5-7(6-9(15)12(8)16)13-17-10-3-1-2-4-11(10)18-13/h1-6H,16H2. The largest absolute Gasteiger partial charge is 0.397 e. The number of halogens is 2. The Bertz CT molecular complexity index is 681. The Morgan fingerprint density at radius 1 is 1.06 bits per heavy atom. The first-order valence-corrected chi connectivity index (χ1v) is 7.66. The molecule has 0 bridgehead atoms. The highest BCUT2D eigenvalue weighted by atomic mass is 79.9. The van der Waals surface area contributed by atoms with E-state index in [9.17, 15) is 0 Å². The molecule has 0 spiro atoms. The summed E-state index contributed by atoms with van der Waals surface area (Å²) in [5, 5.41) is 0.998. The molecule has 0 aliphatic rings. The van der Waals surface area contributed by atoms with Gasteiger partial charge in [-0.1, -0.05) is 12.1 Å². The summed E-state index contributed by atoms with van der Waals surface area (Å²) in [5.41, 5.74) is 8.69. The number of aromatic nitrogens is 1. The molecule has 5 heteroatoms. The summed E-state index contributed by atoms with van der Waals surface area (Å²) in [6.07, 6.45) is 0. The van der Waals surface area contributed by atoms with Crippen LogP contribution >= 0.6 is 43.2 Å². The van der Waals surface area contributed by atoms with E-state index < -0.39 is 0 Å². The van der Waals surface area contributed by atoms with E-state index in [0.717, 1.165) is 25.0 Å². The maximum absolute atomic E-state index is 5.89. The predicted molar refractivity (Wildman–Crippen MR) is 84.9 cm³/mol. The first-order valence-electron chi connectivity index (χ1n) is 5.25. The number of anilines is 1. The van der Waals surface area contributed by atoms with Crippen molar-refractivity contribution in [3.05, 3.63) is 45.3 Å². The second-order valence-corrected chi connectivity index (χ2v) is 6.58. The summed E-state index contributed by atoms with van der Waals surface area (Å²) in [6, 6.07) is 12.1. The van der Waals surface area contributed by atoms with Crippen LogP contribution in [0.3, 0.4) is 0 Å². The Balaban J connectivity index is 2.20. The van der Waals surface area contributed by atoms with Crippen LogP contribution in [0.1, 0.15) is 0 Å². The van der Waals surface area contributed by atoms with Gasteiger partial charge in [0.15, 0.2) is 0 Å². The third-order valence-electron chi connectivity index (χ3n) is 2.62. The minimum atomic E-state index is 0.708. The van der Waals surface area contributed by atoms with E-state index in [-0.39, 0.29) is 0 Å². The molecule has 0 fully saturated rings. The number of nitrogen functional groups attached to an aromatic ring is 1. The number of benzene rings is 2. The molecule has 1 aromatic heterocycles. The fraction of sp³-hybridized carbons (Fsp3) is 0. The zero-order valence-corrected chi connectivity index (χ0v) is 13.1. The molecule has 2 nitrogen and oxygen atoms in total. The molecular formula is C13H8Br2N2S. The van der Waals surface area contributed by atoms with E-state index in [0.29, 0.717) is 5.69 Å². The highest BCUT2D eigenvalue weighted by Crippen LogP contribution is 2.36. The molecule has 3 rings (SSSR count). The van der Waals surface area contributed by atoms with Gasteiger partial charge in [0.1, 0.15) is 5.01 Å². The zero-order valence-electron chi connectivity index (χ0n) is 9.15. The predicted octanol–water partition coefficient (Wildman–Crippen LogP) is 5.07. The molecule has 0 radical (unpaired) electrons. The smallest absolute Gasteiger partial charge is 0.124 e. The van der Waals surface area contributed by atoms with Gasteiger partial charge in [0, 0.05) is 14.5 Å². The van der Waals surface area contributed by atoms with Gasteiger partial charge in [-0.15, -0.1) is 11.3 Å². The van der Waals surface area contributed by atoms with Gasteiger partial charge in [-0.05, 0) is 56.1 Å². The highest BCUT2D eigenvalue weighted by molar-refractivity contribution is 9.11. The van der Waals surface area contributed by atoms with Crippen molar-refractivity contribution < 1.29 is 0 Å². The van der Waals surface area contributed by atoms with Gasteiger partial charge in [-0.2, -0.15) is 0 Å². The Labute approximate surface area is 125 Å². The third kappa shape index (κ3) is 2.06. The van der Waals surface area contributed by atoms with E-state index in [1.54, 1.807) is 11.3 Å². The van der Waals surface area contributed by atoms with Gasteiger partial charge in [-0.3, -0.25) is 0 Å². The topological polar surface area (TPSA) is 38.9 Å². The molecule has 0 atom stereocenters. The summed E-state index contributed by atoms with van der Waals surface area (Å²) in [4.78, 5) is 4.63. The maximum atomic E-state index is 5.89. The fourth-order valence-electron chi connectivity index (χ4n) is 1.70. The zero-order chi connectivity index (χ0) is 12.7. The number of thiazole rings is 1. The number of para-hydroxylation sites is 1. The lowest BCUT2D eigenvalue weighted by Gasteiger charge is -2.04. The molecule has 0 saturated carbocycles. The lowest BCUT2D eigenvalue weighted by molar-refractivity contribution is 1.46. The minimum absolute atomic E-state index is 0.708. The van der Waals surface area contributed by atoms with E-state index in [4.69, 9.17) is 5.73 Å². The number of hydrogen-bond acceptors (Lipinski definition) is 3. The van der Waals surface area contributed by atoms with Gasteiger partial charge in [-0.25, -0.2) is 4.98 Å². The van der Waals surface area contributed by atoms with Crippen LogP contribution in [-0.2, 0) is 0 Å². The molecular weight excluding hydrogens is 376 g/mol. The molecule has 18 heavy (non-hydrogen) atoms. The SMILES string of the molecule is Nc1c(Br)cc(-c2nc3ccccc3s2)cc1Br. The molecule has 1 heterocycles. The van der Waals surface area contributed by atoms with Crippen molar-refractivity contribution >= 4 is 59.1 Å². The minimum Gasteiger partial charge on any atom is -0.397 e. The van der Waals surface area contributed by atoms with Crippen LogP contribution in [0.5, 0.6) is 0 Å². The van der Waals surface area contributed by atoms with Gasteiger partial charge in [0.05, 0.1) is 15.9 Å². The summed E-state index contributed by atoms with van der Waals surface area (Å²) in [5.74, 6) is 0. The maximum Gasteiger partial charge on any atom is 0.124 e. The lowest BCUT2D eigenvalue weighted by atomic mass is 10.2. The van der Waals surface area contributed by atoms with Crippen LogP contribution in [-0.4, -0.2) is 4.98 Å². The van der Waals surface area contributed by atoms with Crippen molar-refractivity contribution in [2.75, 3.05) is 5.73 Å². The van der Waals surface area contributed by atoms with Crippen LogP contribution in [0, 0.1) is 0 Å². The van der Waals surface area contributed by atoms with Crippen molar-refractivity contribution in [1.29, 1.82) is 0 Å². The molecule has 0 aliphatic carbocycles. The monoisotopic (exact) mass is 382 g/mol. The number of nitrogens with two attached hydrogens (primary N) is 1. The van der Waals surface area contributed by atoms with E-state index in [1.807, 2.05) is 30.3 Å². The lowest BCUT2D eigenvalue weighted by Crippen LogP contribution is -1.89. The quantitative estimate of drug-likeness (QED) is 0.595. The Morgan fingerprint density at radius 3 is 2.39 bits per heavy atom. The summed E-state index contributed by atoms with van der Waals surface area (Å²) in [7, 11) is 0. The molecule has 0 unspecified atom stereocenters. The average Bonchev–Trinajstić information content (AvgIpc) is 2.79. The third-order valence-corrected chi connectivity index (χ3v) is 5.02. The first kappa shape index (κ1) is 12.1. The Hall–Kier alpha value is -0.910. The second-order valence-electron chi connectivity index (χ2n) is 3.84. The number of fused-ring (bicyclic) bond motifs is 1. The molecule has 3 aromatic rings. The molecule has 0 aliphatic heterocycles. The number of nitrogens with zero attached hydrogens (tertiary/aromatic N) is 1. The highest BCUT2D eigenvalue weighted by Gasteiger charge is 2.10. The number of hydrogen-bond donors (Lipinski definition) is 1. The first-order chi connectivity index (χ1) is 8.65. The molecule has 0 saturated heterocycles. The second kappa shape index (κ2) is 4.64. The van der Waals surface area contributed by atoms with Crippen molar-refractivity contribution in [3.63, 3.8) is 0 Å². The van der Waals surface area contributed by atoms with Crippen molar-refractivity contribution in [3.8, 4) is 10.6 Å². The summed E-state index contributed by atoms with van der Waals surface area (Å²) in [6.45, 7) is 0. The van der Waals surface area contributed by atoms with E-state index >= 15 is 0 Å². The van der Waals surface area contributed by atoms with Gasteiger partial charge >= 0.3 is 0 Å². The normalized spacial score (nSPS) is 11.0. The molecule has 90 valence electrons. The summed E-state index contributed by atoms with van der Waals surface area (Å²) >= 11 is 8.60. The van der Waals surface area contributed by atoms with Crippen LogP contribution < -0.4 is 5.73 Å². The van der Waals surface area contributed by atoms with Crippen LogP contribution in [0.25, 0.3) is 20.8 Å². The Kier molecular flexibility index (Phi) is 3.13. The summed E-state index contributed by atoms with van der Waals surface area (Å²) < 4.78 is 2.95. The van der Waals surface area contributed by atoms with Crippen molar-refractivity contribution in [2.24, 2.45) is 0 Å². The van der Waals surface area contributed by atoms with Crippen molar-refractivity contribution in [1.82, 2.24) is 4.98 Å². The molecule has 0 amide bonds. The van der Waals surface area contributed by atoms with Crippen LogP contribution in [0.2, 0.25) is 0 Å². The average molecular weight is 384 g/mol. The van der Waals surface area contributed by atoms with Crippen molar-refractivity contribution in [2.45, 2.75) is 0 Å². The number of rotatable bonds is 1. The van der Waals surface area contributed by atoms with Gasteiger partial charge in [0.2, 0.25) is 0 Å².